The van der Waals surface area contributed by atoms with Gasteiger partial charge in [0.1, 0.15) is 0 Å². The highest BCUT2D eigenvalue weighted by atomic mass is 32.2. The highest BCUT2D eigenvalue weighted by Crippen LogP contribution is 2.34. The molecular weight excluding hydrogens is 360 g/mol. The Morgan fingerprint density at radius 3 is 2.07 bits per heavy atom. The first-order valence-corrected chi connectivity index (χ1v) is 10.6. The SMILES string of the molecule is CC1CCN(S(=O)(=O)c2nc(-c3ccccc3)oc2-c2ccccc2)CC1. The molecule has 1 aliphatic heterocycles. The van der Waals surface area contributed by atoms with Gasteiger partial charge in [0.15, 0.2) is 5.76 Å². The van der Waals surface area contributed by atoms with Gasteiger partial charge in [-0.3, -0.25) is 0 Å². The summed E-state index contributed by atoms with van der Waals surface area (Å²) >= 11 is 0. The van der Waals surface area contributed by atoms with Crippen LogP contribution in [0.25, 0.3) is 22.8 Å². The monoisotopic (exact) mass is 382 g/mol. The number of piperidine rings is 1. The molecule has 27 heavy (non-hydrogen) atoms. The second-order valence-corrected chi connectivity index (χ2v) is 8.83. The molecule has 0 unspecified atom stereocenters. The van der Waals surface area contributed by atoms with E-state index >= 15 is 0 Å². The molecule has 0 atom stereocenters. The number of hydrogen-bond acceptors (Lipinski definition) is 4. The van der Waals surface area contributed by atoms with E-state index in [4.69, 9.17) is 4.42 Å². The summed E-state index contributed by atoms with van der Waals surface area (Å²) in [6, 6.07) is 18.7. The molecule has 5 nitrogen and oxygen atoms in total. The molecule has 0 radical (unpaired) electrons. The highest BCUT2D eigenvalue weighted by Gasteiger charge is 2.34. The molecule has 0 aliphatic carbocycles. The number of sulfonamides is 1. The van der Waals surface area contributed by atoms with Gasteiger partial charge in [0.2, 0.25) is 10.9 Å². The fourth-order valence-corrected chi connectivity index (χ4v) is 4.83. The van der Waals surface area contributed by atoms with Crippen LogP contribution in [0.5, 0.6) is 0 Å². The van der Waals surface area contributed by atoms with E-state index in [1.807, 2.05) is 60.7 Å². The lowest BCUT2D eigenvalue weighted by Gasteiger charge is -2.28. The zero-order valence-electron chi connectivity index (χ0n) is 15.2. The van der Waals surface area contributed by atoms with E-state index in [1.165, 1.54) is 4.31 Å². The van der Waals surface area contributed by atoms with Crippen molar-refractivity contribution in [3.63, 3.8) is 0 Å². The summed E-state index contributed by atoms with van der Waals surface area (Å²) in [5.74, 6) is 1.16. The molecule has 1 saturated heterocycles. The fourth-order valence-electron chi connectivity index (χ4n) is 3.30. The van der Waals surface area contributed by atoms with E-state index in [2.05, 4.69) is 11.9 Å². The zero-order valence-corrected chi connectivity index (χ0v) is 16.0. The molecule has 6 heteroatoms. The number of aromatic nitrogens is 1. The zero-order chi connectivity index (χ0) is 18.9. The standard InChI is InChI=1S/C21H22N2O3S/c1-16-12-14-23(15-13-16)27(24,25)21-19(17-8-4-2-5-9-17)26-20(22-21)18-10-6-3-7-11-18/h2-11,16H,12-15H2,1H3. The molecule has 4 rings (SSSR count). The van der Waals surface area contributed by atoms with Gasteiger partial charge in [-0.1, -0.05) is 55.5 Å². The summed E-state index contributed by atoms with van der Waals surface area (Å²) in [6.45, 7) is 3.19. The lowest BCUT2D eigenvalue weighted by atomic mass is 10.0. The van der Waals surface area contributed by atoms with Crippen LogP contribution in [0.15, 0.2) is 70.1 Å². The Hall–Kier alpha value is -2.44. The lowest BCUT2D eigenvalue weighted by Crippen LogP contribution is -2.38. The van der Waals surface area contributed by atoms with Crippen molar-refractivity contribution >= 4 is 10.0 Å². The third-order valence-corrected chi connectivity index (χ3v) is 6.79. The second-order valence-electron chi connectivity index (χ2n) is 6.97. The van der Waals surface area contributed by atoms with Crippen molar-refractivity contribution in [1.29, 1.82) is 0 Å². The van der Waals surface area contributed by atoms with Crippen molar-refractivity contribution in [2.45, 2.75) is 24.8 Å². The largest absolute Gasteiger partial charge is 0.435 e. The number of oxazole rings is 1. The van der Waals surface area contributed by atoms with Gasteiger partial charge in [-0.25, -0.2) is 8.42 Å². The van der Waals surface area contributed by atoms with Crippen LogP contribution < -0.4 is 0 Å². The van der Waals surface area contributed by atoms with E-state index in [1.54, 1.807) is 0 Å². The van der Waals surface area contributed by atoms with Gasteiger partial charge in [-0.05, 0) is 30.9 Å². The van der Waals surface area contributed by atoms with Crippen molar-refractivity contribution in [3.05, 3.63) is 60.7 Å². The number of nitrogens with zero attached hydrogens (tertiary/aromatic N) is 2. The summed E-state index contributed by atoms with van der Waals surface area (Å²) < 4.78 is 34.2. The van der Waals surface area contributed by atoms with Crippen LogP contribution in [0.2, 0.25) is 0 Å². The Labute approximate surface area is 159 Å². The van der Waals surface area contributed by atoms with Crippen molar-refractivity contribution in [2.24, 2.45) is 5.92 Å². The quantitative estimate of drug-likeness (QED) is 0.670. The number of benzene rings is 2. The summed E-state index contributed by atoms with van der Waals surface area (Å²) in [7, 11) is -3.72. The van der Waals surface area contributed by atoms with Gasteiger partial charge >= 0.3 is 0 Å². The third-order valence-electron chi connectivity index (χ3n) is 4.98. The fraction of sp³-hybridized carbons (Fsp3) is 0.286. The Morgan fingerprint density at radius 2 is 1.48 bits per heavy atom. The molecule has 2 aromatic carbocycles. The van der Waals surface area contributed by atoms with Crippen LogP contribution in [-0.2, 0) is 10.0 Å². The first kappa shape index (κ1) is 17.9. The minimum Gasteiger partial charge on any atom is -0.435 e. The van der Waals surface area contributed by atoms with Crippen molar-refractivity contribution in [3.8, 4) is 22.8 Å². The predicted molar refractivity (Wildman–Crippen MR) is 105 cm³/mol. The molecule has 1 aromatic heterocycles. The maximum absolute atomic E-state index is 13.3. The molecule has 0 saturated carbocycles. The summed E-state index contributed by atoms with van der Waals surface area (Å²) in [5, 5.41) is 0.00195. The highest BCUT2D eigenvalue weighted by molar-refractivity contribution is 7.89. The number of rotatable bonds is 4. The van der Waals surface area contributed by atoms with Crippen LogP contribution in [0.1, 0.15) is 19.8 Å². The maximum atomic E-state index is 13.3. The topological polar surface area (TPSA) is 63.4 Å². The Kier molecular flexibility index (Phi) is 4.85. The number of hydrogen-bond donors (Lipinski definition) is 0. The lowest BCUT2D eigenvalue weighted by molar-refractivity contribution is 0.287. The molecule has 1 aliphatic rings. The average Bonchev–Trinajstić information content (AvgIpc) is 3.16. The molecule has 0 bridgehead atoms. The summed E-state index contributed by atoms with van der Waals surface area (Å²) in [4.78, 5) is 4.43. The van der Waals surface area contributed by atoms with Crippen LogP contribution in [0.3, 0.4) is 0 Å². The van der Waals surface area contributed by atoms with E-state index in [0.29, 0.717) is 36.2 Å². The van der Waals surface area contributed by atoms with Crippen molar-refractivity contribution < 1.29 is 12.8 Å². The summed E-state index contributed by atoms with van der Waals surface area (Å²) in [6.07, 6.45) is 1.73. The Balaban J connectivity index is 1.82. The molecule has 0 N–H and O–H groups in total. The molecule has 0 amide bonds. The van der Waals surface area contributed by atoms with Gasteiger partial charge in [-0.15, -0.1) is 0 Å². The second kappa shape index (κ2) is 7.29. The molecule has 2 heterocycles. The molecule has 3 aromatic rings. The van der Waals surface area contributed by atoms with Gasteiger partial charge in [0.05, 0.1) is 0 Å². The Bertz CT molecular complexity index is 1010. The predicted octanol–water partition coefficient (Wildman–Crippen LogP) is 4.43. The van der Waals surface area contributed by atoms with Crippen LogP contribution in [0, 0.1) is 5.92 Å². The van der Waals surface area contributed by atoms with E-state index < -0.39 is 10.0 Å². The first-order chi connectivity index (χ1) is 13.1. The van der Waals surface area contributed by atoms with E-state index in [9.17, 15) is 8.42 Å². The third kappa shape index (κ3) is 3.55. The van der Waals surface area contributed by atoms with Crippen LogP contribution in [0.4, 0.5) is 0 Å². The summed E-state index contributed by atoms with van der Waals surface area (Å²) in [5.41, 5.74) is 1.46. The van der Waals surface area contributed by atoms with Gasteiger partial charge < -0.3 is 4.42 Å². The van der Waals surface area contributed by atoms with Gasteiger partial charge in [-0.2, -0.15) is 9.29 Å². The Morgan fingerprint density at radius 1 is 0.926 bits per heavy atom. The minimum atomic E-state index is -3.72. The average molecular weight is 382 g/mol. The van der Waals surface area contributed by atoms with Crippen molar-refractivity contribution in [2.75, 3.05) is 13.1 Å². The molecule has 0 spiro atoms. The molecule has 1 fully saturated rings. The normalized spacial score (nSPS) is 16.5. The first-order valence-electron chi connectivity index (χ1n) is 9.17. The molecular formula is C21H22N2O3S. The van der Waals surface area contributed by atoms with Crippen LogP contribution in [-0.4, -0.2) is 30.8 Å². The van der Waals surface area contributed by atoms with E-state index in [-0.39, 0.29) is 5.03 Å². The minimum absolute atomic E-state index is 0.00195. The molecule has 140 valence electrons. The smallest absolute Gasteiger partial charge is 0.264 e. The van der Waals surface area contributed by atoms with Gasteiger partial charge in [0.25, 0.3) is 10.0 Å². The maximum Gasteiger partial charge on any atom is 0.264 e. The van der Waals surface area contributed by atoms with Crippen molar-refractivity contribution in [1.82, 2.24) is 9.29 Å². The van der Waals surface area contributed by atoms with Gasteiger partial charge in [0, 0.05) is 24.2 Å². The van der Waals surface area contributed by atoms with E-state index in [0.717, 1.165) is 18.4 Å². The van der Waals surface area contributed by atoms with Crippen LogP contribution >= 0.6 is 0 Å².